The van der Waals surface area contributed by atoms with Gasteiger partial charge in [0.05, 0.1) is 13.0 Å². The number of nitrogens with one attached hydrogen (secondary N) is 2. The summed E-state index contributed by atoms with van der Waals surface area (Å²) < 4.78 is 10.1. The van der Waals surface area contributed by atoms with Gasteiger partial charge in [-0.25, -0.2) is 9.59 Å². The monoisotopic (exact) mass is 531 g/mol. The molecule has 2 amide bonds. The molecule has 15 heteroatoms. The van der Waals surface area contributed by atoms with E-state index in [0.717, 1.165) is 0 Å². The third-order valence-electron chi connectivity index (χ3n) is 5.40. The van der Waals surface area contributed by atoms with E-state index in [9.17, 15) is 29.4 Å². The number of hydrogen-bond acceptors (Lipinski definition) is 12. The molecular formula is C23H29N7O8. The quantitative estimate of drug-likeness (QED) is 0.299. The van der Waals surface area contributed by atoms with E-state index in [-0.39, 0.29) is 44.4 Å². The smallest absolute Gasteiger partial charge is 0.414 e. The molecule has 0 saturated carbocycles. The minimum Gasteiger partial charge on any atom is -0.480 e. The Hall–Kier alpha value is -4.69. The van der Waals surface area contributed by atoms with Gasteiger partial charge in [-0.2, -0.15) is 15.0 Å². The first-order valence-electron chi connectivity index (χ1n) is 11.7. The summed E-state index contributed by atoms with van der Waals surface area (Å²) in [5.41, 5.74) is 0.607. The molecular weight excluding hydrogens is 502 g/mol. The average Bonchev–Trinajstić information content (AvgIpc) is 2.85. The van der Waals surface area contributed by atoms with Gasteiger partial charge in [0.2, 0.25) is 17.8 Å². The number of aromatic hydroxyl groups is 1. The Morgan fingerprint density at radius 2 is 1.92 bits per heavy atom. The van der Waals surface area contributed by atoms with Crippen LogP contribution in [0.4, 0.5) is 16.7 Å². The van der Waals surface area contributed by atoms with Crippen LogP contribution in [0.15, 0.2) is 24.3 Å². The van der Waals surface area contributed by atoms with Gasteiger partial charge in [-0.3, -0.25) is 9.59 Å². The first-order valence-corrected chi connectivity index (χ1v) is 11.7. The number of aromatic nitrogens is 3. The van der Waals surface area contributed by atoms with Crippen molar-refractivity contribution in [2.75, 3.05) is 44.0 Å². The summed E-state index contributed by atoms with van der Waals surface area (Å²) in [6.07, 6.45) is -0.827. The molecule has 2 heterocycles. The molecule has 1 saturated heterocycles. The highest BCUT2D eigenvalue weighted by Crippen LogP contribution is 2.21. The van der Waals surface area contributed by atoms with Gasteiger partial charge in [-0.15, -0.1) is 0 Å². The van der Waals surface area contributed by atoms with Crippen molar-refractivity contribution in [3.63, 3.8) is 0 Å². The molecule has 0 radical (unpaired) electrons. The van der Waals surface area contributed by atoms with Gasteiger partial charge in [-0.1, -0.05) is 12.1 Å². The normalized spacial score (nSPS) is 15.7. The van der Waals surface area contributed by atoms with Gasteiger partial charge in [0.1, 0.15) is 17.8 Å². The molecule has 1 fully saturated rings. The summed E-state index contributed by atoms with van der Waals surface area (Å²) in [6.45, 7) is 2.26. The van der Waals surface area contributed by atoms with E-state index in [2.05, 4.69) is 25.6 Å². The number of hydrogen-bond donors (Lipinski definition) is 4. The molecule has 38 heavy (non-hydrogen) atoms. The molecule has 0 bridgehead atoms. The van der Waals surface area contributed by atoms with Crippen LogP contribution in [0.1, 0.15) is 18.9 Å². The summed E-state index contributed by atoms with van der Waals surface area (Å²) >= 11 is 0. The number of piperazine rings is 1. The number of rotatable bonds is 10. The fourth-order valence-corrected chi connectivity index (χ4v) is 3.56. The lowest BCUT2D eigenvalue weighted by Crippen LogP contribution is -2.56. The van der Waals surface area contributed by atoms with E-state index in [1.807, 2.05) is 0 Å². The number of amides is 2. The number of carboxylic acid groups (broad SMARTS) is 1. The maximum absolute atomic E-state index is 12.5. The zero-order valence-corrected chi connectivity index (χ0v) is 21.1. The number of aliphatic carboxylic acids is 1. The van der Waals surface area contributed by atoms with Gasteiger partial charge in [-0.05, 0) is 24.6 Å². The van der Waals surface area contributed by atoms with Crippen LogP contribution in [0.5, 0.6) is 11.8 Å². The van der Waals surface area contributed by atoms with E-state index in [0.29, 0.717) is 11.3 Å². The largest absolute Gasteiger partial charge is 0.480 e. The fraction of sp³-hybridized carbons (Fsp3) is 0.435. The molecule has 1 aromatic carbocycles. The lowest BCUT2D eigenvalue weighted by molar-refractivity contribution is -0.145. The molecule has 204 valence electrons. The molecule has 3 rings (SSSR count). The van der Waals surface area contributed by atoms with Gasteiger partial charge in [0, 0.05) is 33.6 Å². The summed E-state index contributed by atoms with van der Waals surface area (Å²) in [5.74, 6) is -2.31. The van der Waals surface area contributed by atoms with Gasteiger partial charge < -0.3 is 40.1 Å². The van der Waals surface area contributed by atoms with Crippen LogP contribution in [0.2, 0.25) is 0 Å². The molecule has 2 aromatic rings. The molecule has 1 aliphatic heterocycles. The molecule has 4 N–H and O–H groups in total. The number of nitrogens with zero attached hydrogens (tertiary/aromatic N) is 5. The van der Waals surface area contributed by atoms with Crippen molar-refractivity contribution in [1.82, 2.24) is 25.2 Å². The third kappa shape index (κ3) is 7.41. The minimum atomic E-state index is -1.22. The fourth-order valence-electron chi connectivity index (χ4n) is 3.56. The Morgan fingerprint density at radius 1 is 1.21 bits per heavy atom. The van der Waals surface area contributed by atoms with Crippen molar-refractivity contribution in [3.8, 4) is 11.8 Å². The van der Waals surface area contributed by atoms with Crippen LogP contribution < -0.4 is 20.3 Å². The highest BCUT2D eigenvalue weighted by Gasteiger charge is 2.34. The SMILES string of the molecule is CCOC(=O)CC1C(=O)NCCN1c1nc(O)nc(N[C@@H](Cc2ccc(OC(=O)N(C)C)cc2)C(=O)O)n1. The molecule has 15 nitrogen and oxygen atoms in total. The van der Waals surface area contributed by atoms with Crippen LogP contribution in [0, 0.1) is 0 Å². The van der Waals surface area contributed by atoms with E-state index in [1.165, 1.54) is 21.9 Å². The van der Waals surface area contributed by atoms with Crippen LogP contribution in [-0.4, -0.2) is 99.9 Å². The number of carboxylic acids is 1. The number of esters is 1. The number of carbonyl (C=O) groups excluding carboxylic acids is 3. The maximum Gasteiger partial charge on any atom is 0.414 e. The van der Waals surface area contributed by atoms with Crippen molar-refractivity contribution >= 4 is 35.8 Å². The molecule has 2 atom stereocenters. The predicted octanol–water partition coefficient (Wildman–Crippen LogP) is 0.00340. The lowest BCUT2D eigenvalue weighted by atomic mass is 10.1. The highest BCUT2D eigenvalue weighted by molar-refractivity contribution is 5.90. The second-order valence-corrected chi connectivity index (χ2v) is 8.41. The standard InChI is InChI=1S/C23H29N7O8/c1-4-37-17(31)12-16-18(32)24-9-10-30(16)21-26-20(27-22(35)28-21)25-15(19(33)34)11-13-5-7-14(8-6-13)38-23(36)29(2)3/h5-8,15-16H,4,9-12H2,1-3H3,(H,24,32)(H,33,34)(H2,25,26,27,28,35)/t15-,16?/m0/s1. The molecule has 0 aliphatic carbocycles. The van der Waals surface area contributed by atoms with E-state index >= 15 is 0 Å². The molecule has 1 aliphatic rings. The first-order chi connectivity index (χ1) is 18.1. The minimum absolute atomic E-state index is 0.00335. The Balaban J connectivity index is 1.77. The number of ether oxygens (including phenoxy) is 2. The van der Waals surface area contributed by atoms with Gasteiger partial charge >= 0.3 is 24.0 Å². The lowest BCUT2D eigenvalue weighted by Gasteiger charge is -2.34. The second kappa shape index (κ2) is 12.5. The van der Waals surface area contributed by atoms with Crippen LogP contribution in [-0.2, 0) is 25.5 Å². The number of carbonyl (C=O) groups is 4. The van der Waals surface area contributed by atoms with Gasteiger partial charge in [0.15, 0.2) is 0 Å². The summed E-state index contributed by atoms with van der Waals surface area (Å²) in [7, 11) is 3.09. The Labute approximate surface area is 217 Å². The predicted molar refractivity (Wildman–Crippen MR) is 132 cm³/mol. The molecule has 0 spiro atoms. The van der Waals surface area contributed by atoms with Crippen LogP contribution in [0.3, 0.4) is 0 Å². The molecule has 1 unspecified atom stereocenters. The Bertz CT molecular complexity index is 1170. The third-order valence-corrected chi connectivity index (χ3v) is 5.40. The maximum atomic E-state index is 12.5. The summed E-state index contributed by atoms with van der Waals surface area (Å²) in [4.78, 5) is 62.7. The zero-order valence-electron chi connectivity index (χ0n) is 21.1. The van der Waals surface area contributed by atoms with Gasteiger partial charge in [0.25, 0.3) is 0 Å². The van der Waals surface area contributed by atoms with Crippen molar-refractivity contribution < 1.29 is 38.9 Å². The number of benzene rings is 1. The number of anilines is 2. The van der Waals surface area contributed by atoms with Crippen LogP contribution >= 0.6 is 0 Å². The van der Waals surface area contributed by atoms with E-state index < -0.39 is 42.0 Å². The summed E-state index contributed by atoms with van der Waals surface area (Å²) in [5, 5.41) is 25.2. The second-order valence-electron chi connectivity index (χ2n) is 8.41. The van der Waals surface area contributed by atoms with Crippen molar-refractivity contribution in [2.45, 2.75) is 31.8 Å². The molecule has 1 aromatic heterocycles. The van der Waals surface area contributed by atoms with Crippen molar-refractivity contribution in [2.24, 2.45) is 0 Å². The summed E-state index contributed by atoms with van der Waals surface area (Å²) in [6, 6.07) is 3.39. The average molecular weight is 532 g/mol. The van der Waals surface area contributed by atoms with Crippen LogP contribution in [0.25, 0.3) is 0 Å². The Morgan fingerprint density at radius 3 is 2.55 bits per heavy atom. The van der Waals surface area contributed by atoms with E-state index in [4.69, 9.17) is 9.47 Å². The highest BCUT2D eigenvalue weighted by atomic mass is 16.6. The zero-order chi connectivity index (χ0) is 27.8. The first kappa shape index (κ1) is 27.9. The van der Waals surface area contributed by atoms with Crippen molar-refractivity contribution in [3.05, 3.63) is 29.8 Å². The Kier molecular flexibility index (Phi) is 9.18. The topological polar surface area (TPSA) is 196 Å². The van der Waals surface area contributed by atoms with E-state index in [1.54, 1.807) is 33.2 Å². The van der Waals surface area contributed by atoms with Crippen molar-refractivity contribution in [1.29, 1.82) is 0 Å².